The molecule has 2 heterocycles. The van der Waals surface area contributed by atoms with Crippen LogP contribution in [-0.4, -0.2) is 11.2 Å². The van der Waals surface area contributed by atoms with Gasteiger partial charge in [-0.3, -0.25) is 0 Å². The van der Waals surface area contributed by atoms with E-state index in [1.807, 2.05) is 0 Å². The van der Waals surface area contributed by atoms with Gasteiger partial charge in [-0.1, -0.05) is 23.8 Å². The number of ether oxygens (including phenoxy) is 1. The zero-order valence-electron chi connectivity index (χ0n) is 11.0. The summed E-state index contributed by atoms with van der Waals surface area (Å²) in [5.41, 5.74) is 1.48. The summed E-state index contributed by atoms with van der Waals surface area (Å²) < 4.78 is 6.33. The van der Waals surface area contributed by atoms with Gasteiger partial charge >= 0.3 is 0 Å². The lowest BCUT2D eigenvalue weighted by molar-refractivity contribution is -0.184. The molecular formula is C15H24O. The molecule has 2 aliphatic heterocycles. The summed E-state index contributed by atoms with van der Waals surface area (Å²) in [6.45, 7) is 8.84. The first kappa shape index (κ1) is 11.9. The van der Waals surface area contributed by atoms with E-state index in [1.54, 1.807) is 0 Å². The minimum atomic E-state index is 0.00841. The summed E-state index contributed by atoms with van der Waals surface area (Å²) >= 11 is 0. The largest absolute Gasteiger partial charge is 0.364 e. The van der Waals surface area contributed by atoms with E-state index in [9.17, 15) is 0 Å². The quantitative estimate of drug-likeness (QED) is 0.646. The number of fused-ring (bicyclic) bond motifs is 2. The van der Waals surface area contributed by atoms with E-state index in [1.165, 1.54) is 18.4 Å². The Morgan fingerprint density at radius 1 is 1.44 bits per heavy atom. The number of hydrogen-bond acceptors (Lipinski definition) is 1. The Morgan fingerprint density at radius 3 is 2.69 bits per heavy atom. The normalized spacial score (nSPS) is 41.1. The van der Waals surface area contributed by atoms with E-state index in [2.05, 4.69) is 45.9 Å². The SMILES string of the molecule is CC(C)=CCC[C@@]1(C)O[C@]2(C)C=C[C@H]1CC2. The second-order valence-electron chi connectivity index (χ2n) is 6.05. The molecule has 0 saturated carbocycles. The van der Waals surface area contributed by atoms with Crippen LogP contribution in [0.5, 0.6) is 0 Å². The fourth-order valence-electron chi connectivity index (χ4n) is 3.03. The number of allylic oxidation sites excluding steroid dienone is 2. The van der Waals surface area contributed by atoms with Gasteiger partial charge in [-0.25, -0.2) is 0 Å². The standard InChI is InChI=1S/C15H24O/c1-12(2)6-5-9-15(4)13-7-10-14(3,16-15)11-8-13/h6-7,10,13H,5,8-9,11H2,1-4H3/t13-,14+,15+/m0/s1. The van der Waals surface area contributed by atoms with Crippen LogP contribution in [0.3, 0.4) is 0 Å². The van der Waals surface area contributed by atoms with Gasteiger partial charge in [0.05, 0.1) is 11.2 Å². The first-order chi connectivity index (χ1) is 7.44. The smallest absolute Gasteiger partial charge is 0.0842 e. The molecule has 16 heavy (non-hydrogen) atoms. The van der Waals surface area contributed by atoms with Gasteiger partial charge in [0, 0.05) is 5.92 Å². The third-order valence-corrected chi connectivity index (χ3v) is 4.08. The van der Waals surface area contributed by atoms with Crippen LogP contribution >= 0.6 is 0 Å². The van der Waals surface area contributed by atoms with E-state index >= 15 is 0 Å². The fourth-order valence-corrected chi connectivity index (χ4v) is 3.03. The third-order valence-electron chi connectivity index (χ3n) is 4.08. The van der Waals surface area contributed by atoms with Gasteiger partial charge in [0.2, 0.25) is 0 Å². The predicted molar refractivity (Wildman–Crippen MR) is 68.4 cm³/mol. The summed E-state index contributed by atoms with van der Waals surface area (Å²) in [6, 6.07) is 0. The maximum atomic E-state index is 6.33. The molecule has 1 aliphatic carbocycles. The Morgan fingerprint density at radius 2 is 2.19 bits per heavy atom. The number of rotatable bonds is 3. The van der Waals surface area contributed by atoms with Crippen LogP contribution in [-0.2, 0) is 4.74 Å². The maximum Gasteiger partial charge on any atom is 0.0842 e. The molecule has 0 unspecified atom stereocenters. The number of hydrogen-bond donors (Lipinski definition) is 0. The molecule has 0 spiro atoms. The van der Waals surface area contributed by atoms with Crippen LogP contribution in [0, 0.1) is 5.92 Å². The van der Waals surface area contributed by atoms with Gasteiger partial charge in [0.15, 0.2) is 0 Å². The minimum Gasteiger partial charge on any atom is -0.364 e. The van der Waals surface area contributed by atoms with Crippen molar-refractivity contribution >= 4 is 0 Å². The molecule has 1 fully saturated rings. The van der Waals surface area contributed by atoms with E-state index in [4.69, 9.17) is 4.74 Å². The second-order valence-corrected chi connectivity index (χ2v) is 6.05. The first-order valence-corrected chi connectivity index (χ1v) is 6.46. The summed E-state index contributed by atoms with van der Waals surface area (Å²) in [4.78, 5) is 0. The molecule has 0 radical (unpaired) electrons. The third kappa shape index (κ3) is 2.24. The lowest BCUT2D eigenvalue weighted by atomic mass is 9.71. The van der Waals surface area contributed by atoms with Gasteiger partial charge in [0.1, 0.15) is 0 Å². The molecule has 0 amide bonds. The van der Waals surface area contributed by atoms with Gasteiger partial charge in [0.25, 0.3) is 0 Å². The summed E-state index contributed by atoms with van der Waals surface area (Å²) in [6.07, 6.45) is 11.7. The van der Waals surface area contributed by atoms with E-state index in [0.717, 1.165) is 12.8 Å². The Bertz CT molecular complexity index is 324. The van der Waals surface area contributed by atoms with Gasteiger partial charge < -0.3 is 4.74 Å². The van der Waals surface area contributed by atoms with E-state index < -0.39 is 0 Å². The molecule has 90 valence electrons. The molecular weight excluding hydrogens is 196 g/mol. The monoisotopic (exact) mass is 220 g/mol. The van der Waals surface area contributed by atoms with Gasteiger partial charge in [-0.05, 0) is 53.4 Å². The van der Waals surface area contributed by atoms with Crippen molar-refractivity contribution in [3.05, 3.63) is 23.8 Å². The molecule has 3 atom stereocenters. The van der Waals surface area contributed by atoms with Crippen molar-refractivity contribution in [2.24, 2.45) is 5.92 Å². The average molecular weight is 220 g/mol. The van der Waals surface area contributed by atoms with Crippen molar-refractivity contribution in [1.29, 1.82) is 0 Å². The molecule has 3 rings (SSSR count). The Hall–Kier alpha value is -0.560. The van der Waals surface area contributed by atoms with Crippen LogP contribution in [0.25, 0.3) is 0 Å². The van der Waals surface area contributed by atoms with E-state index in [0.29, 0.717) is 5.92 Å². The van der Waals surface area contributed by atoms with Gasteiger partial charge in [-0.15, -0.1) is 0 Å². The average Bonchev–Trinajstić information content (AvgIpc) is 2.16. The lowest BCUT2D eigenvalue weighted by Crippen LogP contribution is -2.52. The fraction of sp³-hybridized carbons (Fsp3) is 0.733. The van der Waals surface area contributed by atoms with Crippen LogP contribution in [0.1, 0.15) is 53.4 Å². The molecule has 0 aromatic heterocycles. The molecule has 0 aromatic carbocycles. The highest BCUT2D eigenvalue weighted by Gasteiger charge is 2.47. The highest BCUT2D eigenvalue weighted by Crippen LogP contribution is 2.47. The van der Waals surface area contributed by atoms with Crippen molar-refractivity contribution in [2.75, 3.05) is 0 Å². The van der Waals surface area contributed by atoms with Gasteiger partial charge in [-0.2, -0.15) is 0 Å². The second kappa shape index (κ2) is 4.03. The Balaban J connectivity index is 2.04. The van der Waals surface area contributed by atoms with E-state index in [-0.39, 0.29) is 11.2 Å². The van der Waals surface area contributed by atoms with Crippen molar-refractivity contribution in [3.63, 3.8) is 0 Å². The summed E-state index contributed by atoms with van der Waals surface area (Å²) in [5, 5.41) is 0. The molecule has 1 nitrogen and oxygen atoms in total. The van der Waals surface area contributed by atoms with Crippen LogP contribution < -0.4 is 0 Å². The zero-order valence-corrected chi connectivity index (χ0v) is 11.0. The summed E-state index contributed by atoms with van der Waals surface area (Å²) in [5.74, 6) is 0.625. The van der Waals surface area contributed by atoms with Crippen molar-refractivity contribution in [3.8, 4) is 0 Å². The van der Waals surface area contributed by atoms with Crippen LogP contribution in [0.4, 0.5) is 0 Å². The van der Waals surface area contributed by atoms with Crippen LogP contribution in [0.2, 0.25) is 0 Å². The molecule has 2 bridgehead atoms. The minimum absolute atomic E-state index is 0.00841. The van der Waals surface area contributed by atoms with Crippen molar-refractivity contribution in [2.45, 2.75) is 64.6 Å². The topological polar surface area (TPSA) is 9.23 Å². The molecule has 3 aliphatic rings. The highest BCUT2D eigenvalue weighted by molar-refractivity contribution is 5.17. The lowest BCUT2D eigenvalue weighted by Gasteiger charge is -2.51. The predicted octanol–water partition coefficient (Wildman–Crippen LogP) is 4.25. The Labute approximate surface area is 99.6 Å². The van der Waals surface area contributed by atoms with Crippen molar-refractivity contribution in [1.82, 2.24) is 0 Å². The Kier molecular flexibility index (Phi) is 3.00. The molecule has 1 saturated heterocycles. The maximum absolute atomic E-state index is 6.33. The molecule has 0 N–H and O–H groups in total. The van der Waals surface area contributed by atoms with Crippen molar-refractivity contribution < 1.29 is 4.74 Å². The first-order valence-electron chi connectivity index (χ1n) is 6.46. The zero-order chi connectivity index (χ0) is 11.8. The summed E-state index contributed by atoms with van der Waals surface area (Å²) in [7, 11) is 0. The molecule has 0 aromatic rings. The molecule has 1 heteroatoms. The van der Waals surface area contributed by atoms with Crippen LogP contribution in [0.15, 0.2) is 23.8 Å². The highest BCUT2D eigenvalue weighted by atomic mass is 16.5.